The van der Waals surface area contributed by atoms with Crippen LogP contribution in [0.1, 0.15) is 32.6 Å². The summed E-state index contributed by atoms with van der Waals surface area (Å²) >= 11 is 0. The van der Waals surface area contributed by atoms with Crippen LogP contribution in [0.2, 0.25) is 0 Å². The van der Waals surface area contributed by atoms with E-state index in [2.05, 4.69) is 24.2 Å². The minimum absolute atomic E-state index is 0.0358. The van der Waals surface area contributed by atoms with Gasteiger partial charge >= 0.3 is 0 Å². The van der Waals surface area contributed by atoms with Gasteiger partial charge in [-0.1, -0.05) is 6.92 Å². The Morgan fingerprint density at radius 2 is 1.93 bits per heavy atom. The molecule has 0 aromatic heterocycles. The summed E-state index contributed by atoms with van der Waals surface area (Å²) in [5, 5.41) is 12.9. The fourth-order valence-electron chi connectivity index (χ4n) is 1.90. The third kappa shape index (κ3) is 4.40. The number of nitrogens with one attached hydrogen (secondary N) is 1. The van der Waals surface area contributed by atoms with Crippen molar-refractivity contribution in [1.29, 1.82) is 0 Å². The number of hydrogen-bond donors (Lipinski definition) is 2. The number of rotatable bonds is 5. The van der Waals surface area contributed by atoms with Crippen molar-refractivity contribution in [3.05, 3.63) is 0 Å². The molecule has 0 heterocycles. The number of nitrogens with zero attached hydrogens (tertiary/aromatic N) is 1. The van der Waals surface area contributed by atoms with E-state index in [0.717, 1.165) is 45.3 Å². The maximum absolute atomic E-state index is 9.34. The van der Waals surface area contributed by atoms with Crippen LogP contribution >= 0.6 is 0 Å². The summed E-state index contributed by atoms with van der Waals surface area (Å²) in [7, 11) is 2.15. The van der Waals surface area contributed by atoms with Crippen LogP contribution in [0, 0.1) is 0 Å². The molecule has 0 spiro atoms. The van der Waals surface area contributed by atoms with Crippen molar-refractivity contribution in [2.75, 3.05) is 26.7 Å². The SMILES string of the molecule is CCN(C)CCNC1CCC(O)CC1. The van der Waals surface area contributed by atoms with Crippen LogP contribution in [0.15, 0.2) is 0 Å². The van der Waals surface area contributed by atoms with Gasteiger partial charge in [0.1, 0.15) is 0 Å². The Balaban J connectivity index is 2.02. The Kier molecular flexibility index (Phi) is 5.45. The van der Waals surface area contributed by atoms with E-state index in [0.29, 0.717) is 6.04 Å². The van der Waals surface area contributed by atoms with Crippen molar-refractivity contribution in [3.63, 3.8) is 0 Å². The predicted molar refractivity (Wildman–Crippen MR) is 59.4 cm³/mol. The highest BCUT2D eigenvalue weighted by Crippen LogP contribution is 2.17. The molecule has 3 heteroatoms. The van der Waals surface area contributed by atoms with E-state index in [1.165, 1.54) is 0 Å². The topological polar surface area (TPSA) is 35.5 Å². The van der Waals surface area contributed by atoms with Crippen LogP contribution in [-0.2, 0) is 0 Å². The molecule has 0 bridgehead atoms. The van der Waals surface area contributed by atoms with Gasteiger partial charge in [-0.25, -0.2) is 0 Å². The molecular weight excluding hydrogens is 176 g/mol. The molecule has 1 saturated carbocycles. The highest BCUT2D eigenvalue weighted by atomic mass is 16.3. The third-order valence-corrected chi connectivity index (χ3v) is 3.16. The van der Waals surface area contributed by atoms with Crippen molar-refractivity contribution in [3.8, 4) is 0 Å². The normalized spacial score (nSPS) is 28.3. The van der Waals surface area contributed by atoms with Crippen LogP contribution in [-0.4, -0.2) is 48.8 Å². The maximum atomic E-state index is 9.34. The average molecular weight is 200 g/mol. The second-order valence-corrected chi connectivity index (χ2v) is 4.36. The monoisotopic (exact) mass is 200 g/mol. The first kappa shape index (κ1) is 12.0. The summed E-state index contributed by atoms with van der Waals surface area (Å²) in [6.07, 6.45) is 4.18. The van der Waals surface area contributed by atoms with E-state index in [1.807, 2.05) is 0 Å². The third-order valence-electron chi connectivity index (χ3n) is 3.16. The zero-order valence-corrected chi connectivity index (χ0v) is 9.50. The Morgan fingerprint density at radius 1 is 1.29 bits per heavy atom. The van der Waals surface area contributed by atoms with E-state index >= 15 is 0 Å². The van der Waals surface area contributed by atoms with Crippen molar-refractivity contribution in [2.45, 2.75) is 44.8 Å². The van der Waals surface area contributed by atoms with E-state index in [4.69, 9.17) is 0 Å². The van der Waals surface area contributed by atoms with Gasteiger partial charge in [-0.2, -0.15) is 0 Å². The average Bonchev–Trinajstić information content (AvgIpc) is 2.21. The quantitative estimate of drug-likeness (QED) is 0.690. The minimum atomic E-state index is -0.0358. The molecule has 2 N–H and O–H groups in total. The van der Waals surface area contributed by atoms with Crippen molar-refractivity contribution in [2.24, 2.45) is 0 Å². The van der Waals surface area contributed by atoms with E-state index < -0.39 is 0 Å². The number of likely N-dealkylation sites (N-methyl/N-ethyl adjacent to an activating group) is 1. The summed E-state index contributed by atoms with van der Waals surface area (Å²) in [6.45, 7) is 5.49. The molecule has 0 aromatic rings. The predicted octanol–water partition coefficient (Wildman–Crippen LogP) is 0.831. The Bertz CT molecular complexity index is 144. The zero-order valence-electron chi connectivity index (χ0n) is 9.50. The molecule has 0 saturated heterocycles. The van der Waals surface area contributed by atoms with Gasteiger partial charge in [0.05, 0.1) is 6.10 Å². The van der Waals surface area contributed by atoms with Crippen LogP contribution in [0.25, 0.3) is 0 Å². The number of aliphatic hydroxyl groups excluding tert-OH is 1. The van der Waals surface area contributed by atoms with Crippen LogP contribution in [0.4, 0.5) is 0 Å². The van der Waals surface area contributed by atoms with Gasteiger partial charge in [0, 0.05) is 19.1 Å². The van der Waals surface area contributed by atoms with Crippen LogP contribution in [0.3, 0.4) is 0 Å². The largest absolute Gasteiger partial charge is 0.393 e. The molecular formula is C11H24N2O. The fourth-order valence-corrected chi connectivity index (χ4v) is 1.90. The summed E-state index contributed by atoms with van der Waals surface area (Å²) in [5.41, 5.74) is 0. The Hall–Kier alpha value is -0.120. The fraction of sp³-hybridized carbons (Fsp3) is 1.00. The lowest BCUT2D eigenvalue weighted by Crippen LogP contribution is -2.38. The molecule has 0 atom stereocenters. The zero-order chi connectivity index (χ0) is 10.4. The molecule has 14 heavy (non-hydrogen) atoms. The number of hydrogen-bond acceptors (Lipinski definition) is 3. The second-order valence-electron chi connectivity index (χ2n) is 4.36. The van der Waals surface area contributed by atoms with Crippen molar-refractivity contribution >= 4 is 0 Å². The van der Waals surface area contributed by atoms with Gasteiger partial charge in [-0.05, 0) is 39.3 Å². The van der Waals surface area contributed by atoms with Crippen molar-refractivity contribution < 1.29 is 5.11 Å². The first-order valence-electron chi connectivity index (χ1n) is 5.82. The molecule has 1 rings (SSSR count). The number of aliphatic hydroxyl groups is 1. The highest BCUT2D eigenvalue weighted by molar-refractivity contribution is 4.76. The smallest absolute Gasteiger partial charge is 0.0541 e. The lowest BCUT2D eigenvalue weighted by molar-refractivity contribution is 0.116. The Labute approximate surface area is 87.5 Å². The van der Waals surface area contributed by atoms with Crippen molar-refractivity contribution in [1.82, 2.24) is 10.2 Å². The molecule has 1 fully saturated rings. The van der Waals surface area contributed by atoms with Gasteiger partial charge in [-0.3, -0.25) is 0 Å². The van der Waals surface area contributed by atoms with E-state index in [1.54, 1.807) is 0 Å². The van der Waals surface area contributed by atoms with E-state index in [-0.39, 0.29) is 6.10 Å². The molecule has 0 amide bonds. The molecule has 0 aliphatic heterocycles. The van der Waals surface area contributed by atoms with Crippen LogP contribution < -0.4 is 5.32 Å². The molecule has 3 nitrogen and oxygen atoms in total. The Morgan fingerprint density at radius 3 is 2.50 bits per heavy atom. The summed E-state index contributed by atoms with van der Waals surface area (Å²) in [4.78, 5) is 2.31. The summed E-state index contributed by atoms with van der Waals surface area (Å²) in [6, 6.07) is 0.642. The first-order valence-corrected chi connectivity index (χ1v) is 5.82. The van der Waals surface area contributed by atoms with Gasteiger partial charge in [0.15, 0.2) is 0 Å². The van der Waals surface area contributed by atoms with Crippen LogP contribution in [0.5, 0.6) is 0 Å². The lowest BCUT2D eigenvalue weighted by Gasteiger charge is -2.27. The molecule has 0 unspecified atom stereocenters. The maximum Gasteiger partial charge on any atom is 0.0541 e. The molecule has 1 aliphatic carbocycles. The van der Waals surface area contributed by atoms with Gasteiger partial charge < -0.3 is 15.3 Å². The molecule has 1 aliphatic rings. The summed E-state index contributed by atoms with van der Waals surface area (Å²) in [5.74, 6) is 0. The molecule has 0 aromatic carbocycles. The second kappa shape index (κ2) is 6.38. The first-order chi connectivity index (χ1) is 6.72. The minimum Gasteiger partial charge on any atom is -0.393 e. The highest BCUT2D eigenvalue weighted by Gasteiger charge is 2.18. The van der Waals surface area contributed by atoms with Gasteiger partial charge in [0.25, 0.3) is 0 Å². The van der Waals surface area contributed by atoms with E-state index in [9.17, 15) is 5.11 Å². The lowest BCUT2D eigenvalue weighted by atomic mass is 9.93. The van der Waals surface area contributed by atoms with Gasteiger partial charge in [0.2, 0.25) is 0 Å². The standard InChI is InChI=1S/C11H24N2O/c1-3-13(2)9-8-12-10-4-6-11(14)7-5-10/h10-12,14H,3-9H2,1-2H3. The molecule has 84 valence electrons. The van der Waals surface area contributed by atoms with Gasteiger partial charge in [-0.15, -0.1) is 0 Å². The summed E-state index contributed by atoms with van der Waals surface area (Å²) < 4.78 is 0. The molecule has 0 radical (unpaired) electrons.